The maximum absolute atomic E-state index is 13.3. The van der Waals surface area contributed by atoms with E-state index in [1.54, 1.807) is 4.90 Å². The third-order valence-corrected chi connectivity index (χ3v) is 4.36. The highest BCUT2D eigenvalue weighted by atomic mass is 19.2. The van der Waals surface area contributed by atoms with Crippen LogP contribution in [0.3, 0.4) is 0 Å². The Morgan fingerprint density at radius 1 is 0.960 bits per heavy atom. The van der Waals surface area contributed by atoms with Gasteiger partial charge in [0, 0.05) is 30.3 Å². The quantitative estimate of drug-likeness (QED) is 0.927. The lowest BCUT2D eigenvalue weighted by atomic mass is 9.95. The van der Waals surface area contributed by atoms with Crippen LogP contribution in [0.15, 0.2) is 48.5 Å². The van der Waals surface area contributed by atoms with Crippen molar-refractivity contribution in [2.24, 2.45) is 5.92 Å². The van der Waals surface area contributed by atoms with E-state index in [9.17, 15) is 18.4 Å². The number of halogens is 2. The predicted molar refractivity (Wildman–Crippen MR) is 90.1 cm³/mol. The van der Waals surface area contributed by atoms with Crippen LogP contribution in [-0.2, 0) is 4.79 Å². The van der Waals surface area contributed by atoms with Crippen LogP contribution < -0.4 is 5.32 Å². The van der Waals surface area contributed by atoms with Crippen molar-refractivity contribution < 1.29 is 18.4 Å². The number of hydrogen-bond donors (Lipinski definition) is 1. The van der Waals surface area contributed by atoms with Gasteiger partial charge in [0.15, 0.2) is 11.6 Å². The Labute approximate surface area is 144 Å². The maximum atomic E-state index is 13.3. The molecule has 0 atom stereocenters. The predicted octanol–water partition coefficient (Wildman–Crippen LogP) is 3.46. The molecule has 1 aliphatic heterocycles. The van der Waals surface area contributed by atoms with Crippen LogP contribution >= 0.6 is 0 Å². The van der Waals surface area contributed by atoms with Gasteiger partial charge in [0.05, 0.1) is 0 Å². The first-order valence-corrected chi connectivity index (χ1v) is 8.15. The number of benzene rings is 2. The molecule has 130 valence electrons. The lowest BCUT2D eigenvalue weighted by Crippen LogP contribution is -2.41. The number of carbonyl (C=O) groups excluding carboxylic acids is 2. The number of amides is 2. The molecule has 1 N–H and O–H groups in total. The second-order valence-corrected chi connectivity index (χ2v) is 6.05. The van der Waals surface area contributed by atoms with Gasteiger partial charge in [-0.2, -0.15) is 0 Å². The van der Waals surface area contributed by atoms with Gasteiger partial charge >= 0.3 is 0 Å². The van der Waals surface area contributed by atoms with Crippen molar-refractivity contribution in [3.8, 4) is 0 Å². The summed E-state index contributed by atoms with van der Waals surface area (Å²) in [5.74, 6) is -2.60. The zero-order valence-electron chi connectivity index (χ0n) is 13.5. The van der Waals surface area contributed by atoms with Gasteiger partial charge in [-0.3, -0.25) is 9.59 Å². The first-order chi connectivity index (χ1) is 12.0. The molecule has 0 radical (unpaired) electrons. The highest BCUT2D eigenvalue weighted by Gasteiger charge is 2.28. The summed E-state index contributed by atoms with van der Waals surface area (Å²) < 4.78 is 26.3. The van der Waals surface area contributed by atoms with Crippen LogP contribution in [0, 0.1) is 17.6 Å². The fraction of sp³-hybridized carbons (Fsp3) is 0.263. The third-order valence-electron chi connectivity index (χ3n) is 4.36. The minimum absolute atomic E-state index is 0.0638. The van der Waals surface area contributed by atoms with E-state index in [-0.39, 0.29) is 23.3 Å². The summed E-state index contributed by atoms with van der Waals surface area (Å²) in [6.45, 7) is 0.815. The summed E-state index contributed by atoms with van der Waals surface area (Å²) in [4.78, 5) is 26.2. The molecule has 6 heteroatoms. The molecule has 2 amide bonds. The molecule has 1 saturated heterocycles. The summed E-state index contributed by atoms with van der Waals surface area (Å²) in [5, 5.41) is 2.87. The van der Waals surface area contributed by atoms with Gasteiger partial charge in [0.25, 0.3) is 5.91 Å². The number of hydrogen-bond acceptors (Lipinski definition) is 2. The van der Waals surface area contributed by atoms with Gasteiger partial charge < -0.3 is 10.2 Å². The monoisotopic (exact) mass is 344 g/mol. The SMILES string of the molecule is O=C(Nc1ccccc1)C1CCN(C(=O)c2ccc(F)c(F)c2)CC1. The summed E-state index contributed by atoms with van der Waals surface area (Å²) in [5.41, 5.74) is 0.860. The average molecular weight is 344 g/mol. The number of para-hydroxylation sites is 1. The first kappa shape index (κ1) is 17.1. The van der Waals surface area contributed by atoms with Gasteiger partial charge in [0.1, 0.15) is 0 Å². The van der Waals surface area contributed by atoms with E-state index in [4.69, 9.17) is 0 Å². The third kappa shape index (κ3) is 4.02. The molecular weight excluding hydrogens is 326 g/mol. The Morgan fingerprint density at radius 3 is 2.28 bits per heavy atom. The molecule has 1 aliphatic rings. The summed E-state index contributed by atoms with van der Waals surface area (Å²) in [6, 6.07) is 12.3. The van der Waals surface area contributed by atoms with Gasteiger partial charge in [0.2, 0.25) is 5.91 Å². The van der Waals surface area contributed by atoms with Gasteiger partial charge in [-0.1, -0.05) is 18.2 Å². The molecule has 1 heterocycles. The lowest BCUT2D eigenvalue weighted by Gasteiger charge is -2.31. The van der Waals surface area contributed by atoms with Crippen molar-refractivity contribution in [2.45, 2.75) is 12.8 Å². The van der Waals surface area contributed by atoms with E-state index in [1.165, 1.54) is 6.07 Å². The standard InChI is InChI=1S/C19H18F2N2O2/c20-16-7-6-14(12-17(16)21)19(25)23-10-8-13(9-11-23)18(24)22-15-4-2-1-3-5-15/h1-7,12-13H,8-11H2,(H,22,24). The van der Waals surface area contributed by atoms with Gasteiger partial charge in [-0.25, -0.2) is 8.78 Å². The van der Waals surface area contributed by atoms with Crippen molar-refractivity contribution >= 4 is 17.5 Å². The van der Waals surface area contributed by atoms with Crippen molar-refractivity contribution in [2.75, 3.05) is 18.4 Å². The number of nitrogens with one attached hydrogen (secondary N) is 1. The molecule has 0 saturated carbocycles. The number of carbonyl (C=O) groups is 2. The Balaban J connectivity index is 1.57. The van der Waals surface area contributed by atoms with Crippen LogP contribution in [-0.4, -0.2) is 29.8 Å². The fourth-order valence-electron chi connectivity index (χ4n) is 2.92. The minimum atomic E-state index is -1.04. The molecule has 0 bridgehead atoms. The van der Waals surface area contributed by atoms with E-state index in [0.29, 0.717) is 25.9 Å². The molecule has 25 heavy (non-hydrogen) atoms. The smallest absolute Gasteiger partial charge is 0.253 e. The number of nitrogens with zero attached hydrogens (tertiary/aromatic N) is 1. The Morgan fingerprint density at radius 2 is 1.64 bits per heavy atom. The Hall–Kier alpha value is -2.76. The Bertz CT molecular complexity index is 772. The van der Waals surface area contributed by atoms with Crippen LogP contribution in [0.5, 0.6) is 0 Å². The molecule has 0 spiro atoms. The lowest BCUT2D eigenvalue weighted by molar-refractivity contribution is -0.121. The molecule has 2 aromatic carbocycles. The molecule has 0 aliphatic carbocycles. The van der Waals surface area contributed by atoms with Crippen molar-refractivity contribution in [1.29, 1.82) is 0 Å². The summed E-state index contributed by atoms with van der Waals surface area (Å²) in [7, 11) is 0. The fourth-order valence-corrected chi connectivity index (χ4v) is 2.92. The second-order valence-electron chi connectivity index (χ2n) is 6.05. The van der Waals surface area contributed by atoms with Crippen molar-refractivity contribution in [1.82, 2.24) is 4.90 Å². The zero-order valence-corrected chi connectivity index (χ0v) is 13.5. The zero-order chi connectivity index (χ0) is 17.8. The average Bonchev–Trinajstić information content (AvgIpc) is 2.64. The molecule has 4 nitrogen and oxygen atoms in total. The number of likely N-dealkylation sites (tertiary alicyclic amines) is 1. The van der Waals surface area contributed by atoms with E-state index < -0.39 is 11.6 Å². The molecule has 0 unspecified atom stereocenters. The highest BCUT2D eigenvalue weighted by molar-refractivity contribution is 5.95. The summed E-state index contributed by atoms with van der Waals surface area (Å²) >= 11 is 0. The van der Waals surface area contributed by atoms with E-state index in [1.807, 2.05) is 30.3 Å². The van der Waals surface area contributed by atoms with Crippen LogP contribution in [0.2, 0.25) is 0 Å². The Kier molecular flexibility index (Phi) is 5.07. The van der Waals surface area contributed by atoms with Crippen LogP contribution in [0.4, 0.5) is 14.5 Å². The molecule has 3 rings (SSSR count). The topological polar surface area (TPSA) is 49.4 Å². The van der Waals surface area contributed by atoms with Gasteiger partial charge in [-0.05, 0) is 43.2 Å². The molecule has 0 aromatic heterocycles. The largest absolute Gasteiger partial charge is 0.339 e. The molecular formula is C19H18F2N2O2. The number of piperidine rings is 1. The molecule has 1 fully saturated rings. The normalized spacial score (nSPS) is 15.0. The van der Waals surface area contributed by atoms with E-state index in [2.05, 4.69) is 5.32 Å². The van der Waals surface area contributed by atoms with E-state index >= 15 is 0 Å². The highest BCUT2D eigenvalue weighted by Crippen LogP contribution is 2.21. The van der Waals surface area contributed by atoms with Crippen molar-refractivity contribution in [3.05, 3.63) is 65.7 Å². The summed E-state index contributed by atoms with van der Waals surface area (Å²) in [6.07, 6.45) is 1.07. The minimum Gasteiger partial charge on any atom is -0.339 e. The van der Waals surface area contributed by atoms with Crippen molar-refractivity contribution in [3.63, 3.8) is 0 Å². The van der Waals surface area contributed by atoms with Crippen LogP contribution in [0.1, 0.15) is 23.2 Å². The molecule has 2 aromatic rings. The van der Waals surface area contributed by atoms with Gasteiger partial charge in [-0.15, -0.1) is 0 Å². The first-order valence-electron chi connectivity index (χ1n) is 8.15. The second kappa shape index (κ2) is 7.42. The number of rotatable bonds is 3. The van der Waals surface area contributed by atoms with Crippen LogP contribution in [0.25, 0.3) is 0 Å². The number of anilines is 1. The van der Waals surface area contributed by atoms with E-state index in [0.717, 1.165) is 17.8 Å². The maximum Gasteiger partial charge on any atom is 0.253 e.